The molecule has 2 N–H and O–H groups in total. The molecule has 0 atom stereocenters. The zero-order valence-corrected chi connectivity index (χ0v) is 15.2. The summed E-state index contributed by atoms with van der Waals surface area (Å²) in [4.78, 5) is 21.2. The van der Waals surface area contributed by atoms with Crippen LogP contribution in [0.4, 0.5) is 11.5 Å². The average molecular weight is 349 g/mol. The largest absolute Gasteiger partial charge is 0.368 e. The van der Waals surface area contributed by atoms with Crippen LogP contribution in [0.25, 0.3) is 0 Å². The molecule has 1 fully saturated rings. The van der Waals surface area contributed by atoms with E-state index in [-0.39, 0.29) is 11.6 Å². The monoisotopic (exact) mass is 349 g/mol. The quantitative estimate of drug-likeness (QED) is 0.861. The molecule has 2 aromatic rings. The molecule has 6 nitrogen and oxygen atoms in total. The summed E-state index contributed by atoms with van der Waals surface area (Å²) in [6, 6.07) is 7.93. The lowest BCUT2D eigenvalue weighted by molar-refractivity contribution is -0.124. The molecule has 0 aliphatic heterocycles. The minimum atomic E-state index is -0.450. The highest BCUT2D eigenvalue weighted by Crippen LogP contribution is 2.39. The molecule has 0 spiro atoms. The van der Waals surface area contributed by atoms with Crippen molar-refractivity contribution in [2.75, 3.05) is 17.2 Å². The normalized spacial score (nSPS) is 15.3. The Labute approximate surface area is 153 Å². The molecular weight excluding hydrogens is 326 g/mol. The third kappa shape index (κ3) is 3.83. The van der Waals surface area contributed by atoms with Gasteiger partial charge in [0.2, 0.25) is 5.91 Å². The molecule has 1 amide bonds. The number of nitriles is 1. The number of nitrogens with zero attached hydrogens (tertiary/aromatic N) is 3. The first-order chi connectivity index (χ1) is 12.5. The van der Waals surface area contributed by atoms with Gasteiger partial charge in [-0.05, 0) is 49.9 Å². The first-order valence-corrected chi connectivity index (χ1v) is 8.87. The summed E-state index contributed by atoms with van der Waals surface area (Å²) in [6.07, 6.45) is 6.74. The lowest BCUT2D eigenvalue weighted by atomic mass is 9.84. The van der Waals surface area contributed by atoms with Crippen LogP contribution in [0.2, 0.25) is 0 Å². The summed E-state index contributed by atoms with van der Waals surface area (Å²) in [5, 5.41) is 15.1. The molecule has 1 aromatic carbocycles. The van der Waals surface area contributed by atoms with Crippen LogP contribution in [0.5, 0.6) is 0 Å². The second kappa shape index (κ2) is 7.52. The third-order valence-corrected chi connectivity index (χ3v) is 5.18. The van der Waals surface area contributed by atoms with E-state index in [4.69, 9.17) is 5.26 Å². The van der Waals surface area contributed by atoms with E-state index in [1.807, 2.05) is 31.2 Å². The predicted octanol–water partition coefficient (Wildman–Crippen LogP) is 3.58. The van der Waals surface area contributed by atoms with Gasteiger partial charge in [0.15, 0.2) is 5.69 Å². The molecule has 0 bridgehead atoms. The molecule has 3 rings (SSSR count). The summed E-state index contributed by atoms with van der Waals surface area (Å²) in [6.45, 7) is 4.60. The Kier molecular flexibility index (Phi) is 5.17. The van der Waals surface area contributed by atoms with Crippen molar-refractivity contribution < 1.29 is 4.79 Å². The summed E-state index contributed by atoms with van der Waals surface area (Å²) < 4.78 is 0. The zero-order valence-electron chi connectivity index (χ0n) is 15.2. The summed E-state index contributed by atoms with van der Waals surface area (Å²) >= 11 is 0. The number of amides is 1. The van der Waals surface area contributed by atoms with Crippen molar-refractivity contribution >= 4 is 17.4 Å². The Hall–Kier alpha value is -2.94. The van der Waals surface area contributed by atoms with Gasteiger partial charge in [-0.3, -0.25) is 4.79 Å². The number of benzene rings is 1. The van der Waals surface area contributed by atoms with Crippen LogP contribution in [0.1, 0.15) is 42.5 Å². The summed E-state index contributed by atoms with van der Waals surface area (Å²) in [5.74, 6) is 0.626. The molecule has 6 heteroatoms. The number of rotatable bonds is 5. The minimum absolute atomic E-state index is 0.0485. The van der Waals surface area contributed by atoms with E-state index in [1.54, 1.807) is 0 Å². The molecule has 1 aliphatic carbocycles. The fourth-order valence-electron chi connectivity index (χ4n) is 3.36. The Bertz CT molecular complexity index is 832. The van der Waals surface area contributed by atoms with Gasteiger partial charge in [-0.2, -0.15) is 5.26 Å². The van der Waals surface area contributed by atoms with Gasteiger partial charge in [0, 0.05) is 12.2 Å². The van der Waals surface area contributed by atoms with Crippen molar-refractivity contribution in [3.05, 3.63) is 47.4 Å². The van der Waals surface area contributed by atoms with Crippen LogP contribution in [0.15, 0.2) is 30.6 Å². The van der Waals surface area contributed by atoms with Crippen molar-refractivity contribution in [1.82, 2.24) is 9.97 Å². The Morgan fingerprint density at radius 2 is 1.96 bits per heavy atom. The van der Waals surface area contributed by atoms with Crippen LogP contribution < -0.4 is 10.6 Å². The van der Waals surface area contributed by atoms with Crippen LogP contribution in [0, 0.1) is 30.6 Å². The topological polar surface area (TPSA) is 90.7 Å². The molecule has 1 aromatic heterocycles. The molecular formula is C20H23N5O. The standard InChI is InChI=1S/C20H23N5O/c1-14-5-6-16(9-15(14)2)25-19(26)20(7-3-4-8-20)13-24-18-12-22-17(10-21)11-23-18/h5-6,9,11-12H,3-4,7-8,13H2,1-2H3,(H,23,24)(H,25,26). The lowest BCUT2D eigenvalue weighted by Crippen LogP contribution is -2.39. The smallest absolute Gasteiger partial charge is 0.232 e. The van der Waals surface area contributed by atoms with Gasteiger partial charge in [-0.15, -0.1) is 0 Å². The molecule has 1 aliphatic rings. The molecule has 1 saturated carbocycles. The van der Waals surface area contributed by atoms with Gasteiger partial charge in [0.25, 0.3) is 0 Å². The highest BCUT2D eigenvalue weighted by atomic mass is 16.2. The maximum Gasteiger partial charge on any atom is 0.232 e. The van der Waals surface area contributed by atoms with Gasteiger partial charge in [-0.25, -0.2) is 9.97 Å². The molecule has 134 valence electrons. The predicted molar refractivity (Wildman–Crippen MR) is 101 cm³/mol. The second-order valence-corrected chi connectivity index (χ2v) is 6.99. The lowest BCUT2D eigenvalue weighted by Gasteiger charge is -2.28. The molecule has 26 heavy (non-hydrogen) atoms. The Morgan fingerprint density at radius 1 is 1.19 bits per heavy atom. The van der Waals surface area contributed by atoms with Gasteiger partial charge in [0.05, 0.1) is 17.8 Å². The number of nitrogens with one attached hydrogen (secondary N) is 2. The number of hydrogen-bond acceptors (Lipinski definition) is 5. The van der Waals surface area contributed by atoms with Crippen LogP contribution in [-0.2, 0) is 4.79 Å². The van der Waals surface area contributed by atoms with Gasteiger partial charge in [0.1, 0.15) is 11.9 Å². The van der Waals surface area contributed by atoms with E-state index in [0.717, 1.165) is 36.9 Å². The number of aryl methyl sites for hydroxylation is 2. The van der Waals surface area contributed by atoms with E-state index in [9.17, 15) is 4.79 Å². The molecule has 1 heterocycles. The first kappa shape index (κ1) is 17.9. The fraction of sp³-hybridized carbons (Fsp3) is 0.400. The van der Waals surface area contributed by atoms with Crippen LogP contribution in [-0.4, -0.2) is 22.4 Å². The fourth-order valence-corrected chi connectivity index (χ4v) is 3.36. The summed E-state index contributed by atoms with van der Waals surface area (Å²) in [7, 11) is 0. The van der Waals surface area contributed by atoms with Crippen LogP contribution >= 0.6 is 0 Å². The van der Waals surface area contributed by atoms with Crippen molar-refractivity contribution in [2.24, 2.45) is 5.41 Å². The highest BCUT2D eigenvalue weighted by Gasteiger charge is 2.41. The number of carbonyl (C=O) groups excluding carboxylic acids is 1. The molecule has 0 unspecified atom stereocenters. The molecule has 0 radical (unpaired) electrons. The third-order valence-electron chi connectivity index (χ3n) is 5.18. The highest BCUT2D eigenvalue weighted by molar-refractivity contribution is 5.96. The Balaban J connectivity index is 1.70. The van der Waals surface area contributed by atoms with E-state index >= 15 is 0 Å². The van der Waals surface area contributed by atoms with Gasteiger partial charge < -0.3 is 10.6 Å². The van der Waals surface area contributed by atoms with Crippen molar-refractivity contribution in [3.8, 4) is 6.07 Å². The van der Waals surface area contributed by atoms with Gasteiger partial charge >= 0.3 is 0 Å². The van der Waals surface area contributed by atoms with Crippen molar-refractivity contribution in [1.29, 1.82) is 5.26 Å². The van der Waals surface area contributed by atoms with E-state index < -0.39 is 5.41 Å². The number of carbonyl (C=O) groups is 1. The maximum atomic E-state index is 13.0. The first-order valence-electron chi connectivity index (χ1n) is 8.87. The zero-order chi connectivity index (χ0) is 18.6. The number of hydrogen-bond donors (Lipinski definition) is 2. The van der Waals surface area contributed by atoms with E-state index in [0.29, 0.717) is 12.4 Å². The van der Waals surface area contributed by atoms with Crippen molar-refractivity contribution in [2.45, 2.75) is 39.5 Å². The van der Waals surface area contributed by atoms with E-state index in [2.05, 4.69) is 27.5 Å². The minimum Gasteiger partial charge on any atom is -0.368 e. The number of aromatic nitrogens is 2. The summed E-state index contributed by atoms with van der Waals surface area (Å²) in [5.41, 5.74) is 3.03. The SMILES string of the molecule is Cc1ccc(NC(=O)C2(CNc3cnc(C#N)cn3)CCCC2)cc1C. The van der Waals surface area contributed by atoms with Gasteiger partial charge in [-0.1, -0.05) is 18.9 Å². The maximum absolute atomic E-state index is 13.0. The van der Waals surface area contributed by atoms with E-state index in [1.165, 1.54) is 18.0 Å². The second-order valence-electron chi connectivity index (χ2n) is 6.99. The number of anilines is 2. The Morgan fingerprint density at radius 3 is 2.58 bits per heavy atom. The van der Waals surface area contributed by atoms with Crippen molar-refractivity contribution in [3.63, 3.8) is 0 Å². The molecule has 0 saturated heterocycles. The van der Waals surface area contributed by atoms with Crippen LogP contribution in [0.3, 0.4) is 0 Å². The average Bonchev–Trinajstić information content (AvgIpc) is 3.14.